The van der Waals surface area contributed by atoms with Crippen molar-refractivity contribution in [1.29, 1.82) is 0 Å². The molecule has 0 bridgehead atoms. The molecule has 0 radical (unpaired) electrons. The molecule has 2 aromatic rings. The van der Waals surface area contributed by atoms with E-state index in [4.69, 9.17) is 25.8 Å². The fourth-order valence-electron chi connectivity index (χ4n) is 3.12. The first-order valence-electron chi connectivity index (χ1n) is 10.5. The topological polar surface area (TPSA) is 127 Å². The molecule has 1 aliphatic heterocycles. The molecular formula is C23H25ClN4O6. The molecule has 180 valence electrons. The van der Waals surface area contributed by atoms with Gasteiger partial charge in [0, 0.05) is 18.8 Å². The lowest BCUT2D eigenvalue weighted by molar-refractivity contribution is -0.139. The van der Waals surface area contributed by atoms with E-state index in [1.807, 2.05) is 6.07 Å². The number of carbonyl (C=O) groups is 3. The number of benzene rings is 2. The van der Waals surface area contributed by atoms with Crippen LogP contribution in [0.15, 0.2) is 47.6 Å². The second-order valence-electron chi connectivity index (χ2n) is 7.28. The minimum atomic E-state index is -0.906. The molecule has 1 fully saturated rings. The lowest BCUT2D eigenvalue weighted by Crippen LogP contribution is -2.41. The van der Waals surface area contributed by atoms with Crippen LogP contribution in [0.5, 0.6) is 11.5 Å². The first kappa shape index (κ1) is 25.0. The Balaban J connectivity index is 1.52. The largest absolute Gasteiger partial charge is 0.493 e. The van der Waals surface area contributed by atoms with Gasteiger partial charge >= 0.3 is 11.8 Å². The molecule has 10 nitrogen and oxygen atoms in total. The predicted molar refractivity (Wildman–Crippen MR) is 126 cm³/mol. The Bertz CT molecular complexity index is 1040. The molecule has 0 aliphatic carbocycles. The van der Waals surface area contributed by atoms with Crippen molar-refractivity contribution in [3.63, 3.8) is 0 Å². The van der Waals surface area contributed by atoms with Gasteiger partial charge < -0.3 is 24.8 Å². The van der Waals surface area contributed by atoms with Crippen LogP contribution in [-0.2, 0) is 19.1 Å². The van der Waals surface area contributed by atoms with E-state index in [2.05, 4.69) is 21.2 Å². The molecule has 0 unspecified atom stereocenters. The van der Waals surface area contributed by atoms with Crippen molar-refractivity contribution in [3.05, 3.63) is 53.1 Å². The molecule has 11 heteroatoms. The third-order valence-corrected chi connectivity index (χ3v) is 5.04. The zero-order valence-electron chi connectivity index (χ0n) is 18.5. The number of halogens is 1. The van der Waals surface area contributed by atoms with E-state index >= 15 is 0 Å². The number of carbonyl (C=O) groups excluding carboxylic acids is 3. The van der Waals surface area contributed by atoms with E-state index < -0.39 is 11.8 Å². The molecule has 3 amide bonds. The number of hydrogen-bond donors (Lipinski definition) is 3. The maximum atomic E-state index is 12.1. The Morgan fingerprint density at radius 1 is 1.21 bits per heavy atom. The van der Waals surface area contributed by atoms with Crippen LogP contribution in [0.1, 0.15) is 18.4 Å². The summed E-state index contributed by atoms with van der Waals surface area (Å²) in [5, 5.41) is 9.16. The number of ether oxygens (including phenoxy) is 3. The summed E-state index contributed by atoms with van der Waals surface area (Å²) in [6.45, 7) is 0.650. The molecule has 3 N–H and O–H groups in total. The third-order valence-electron chi connectivity index (χ3n) is 4.76. The standard InChI is InChI=1S/C23H25ClN4O6/c1-32-19-11-15(12-26-28-23(31)22(30)25-13-17-8-5-9-33-17)10-18(24)21(19)34-14-20(29)27-16-6-3-2-4-7-16/h2-4,6-7,10-12,17H,5,8-9,13-14H2,1H3,(H,25,30)(H,27,29)(H,28,31)/b26-12-/t17-/m0/s1. The van der Waals surface area contributed by atoms with Crippen molar-refractivity contribution in [2.45, 2.75) is 18.9 Å². The molecular weight excluding hydrogens is 464 g/mol. The van der Waals surface area contributed by atoms with Crippen molar-refractivity contribution >= 4 is 41.2 Å². The van der Waals surface area contributed by atoms with Crippen LogP contribution >= 0.6 is 11.6 Å². The van der Waals surface area contributed by atoms with Crippen molar-refractivity contribution in [2.75, 3.05) is 32.2 Å². The molecule has 1 aliphatic rings. The van der Waals surface area contributed by atoms with Gasteiger partial charge in [-0.2, -0.15) is 5.10 Å². The van der Waals surface area contributed by atoms with Gasteiger partial charge in [0.05, 0.1) is 24.5 Å². The van der Waals surface area contributed by atoms with E-state index in [0.717, 1.165) is 12.8 Å². The normalized spacial score (nSPS) is 15.1. The number of rotatable bonds is 9. The van der Waals surface area contributed by atoms with Crippen LogP contribution in [0, 0.1) is 0 Å². The highest BCUT2D eigenvalue weighted by atomic mass is 35.5. The monoisotopic (exact) mass is 488 g/mol. The van der Waals surface area contributed by atoms with Crippen LogP contribution in [0.4, 0.5) is 5.69 Å². The van der Waals surface area contributed by atoms with Crippen molar-refractivity contribution in [2.24, 2.45) is 5.10 Å². The quantitative estimate of drug-likeness (QED) is 0.282. The molecule has 2 aromatic carbocycles. The average Bonchev–Trinajstić information content (AvgIpc) is 3.35. The molecule has 1 atom stereocenters. The Hall–Kier alpha value is -3.63. The van der Waals surface area contributed by atoms with Gasteiger partial charge in [-0.05, 0) is 42.7 Å². The van der Waals surface area contributed by atoms with Crippen LogP contribution in [0.25, 0.3) is 0 Å². The summed E-state index contributed by atoms with van der Waals surface area (Å²) >= 11 is 6.29. The Morgan fingerprint density at radius 3 is 2.71 bits per heavy atom. The first-order valence-corrected chi connectivity index (χ1v) is 10.9. The second-order valence-corrected chi connectivity index (χ2v) is 7.69. The van der Waals surface area contributed by atoms with Crippen molar-refractivity contribution < 1.29 is 28.6 Å². The van der Waals surface area contributed by atoms with E-state index in [0.29, 0.717) is 17.9 Å². The van der Waals surface area contributed by atoms with E-state index in [1.54, 1.807) is 30.3 Å². The summed E-state index contributed by atoms with van der Waals surface area (Å²) in [5.41, 5.74) is 3.27. The van der Waals surface area contributed by atoms with Gasteiger partial charge in [-0.3, -0.25) is 14.4 Å². The van der Waals surface area contributed by atoms with Gasteiger partial charge in [-0.25, -0.2) is 5.43 Å². The van der Waals surface area contributed by atoms with Gasteiger partial charge in [-0.15, -0.1) is 0 Å². The van der Waals surface area contributed by atoms with E-state index in [9.17, 15) is 14.4 Å². The number of nitrogens with one attached hydrogen (secondary N) is 3. The Kier molecular flexibility index (Phi) is 9.24. The predicted octanol–water partition coefficient (Wildman–Crippen LogP) is 2.11. The summed E-state index contributed by atoms with van der Waals surface area (Å²) in [6, 6.07) is 12.0. The molecule has 34 heavy (non-hydrogen) atoms. The van der Waals surface area contributed by atoms with Crippen LogP contribution in [0.2, 0.25) is 5.02 Å². The highest BCUT2D eigenvalue weighted by Gasteiger charge is 2.19. The maximum Gasteiger partial charge on any atom is 0.329 e. The lowest BCUT2D eigenvalue weighted by atomic mass is 10.2. The van der Waals surface area contributed by atoms with Crippen LogP contribution < -0.4 is 25.5 Å². The molecule has 3 rings (SSSR count). The Morgan fingerprint density at radius 2 is 2.00 bits per heavy atom. The summed E-state index contributed by atoms with van der Waals surface area (Å²) in [7, 11) is 1.42. The van der Waals surface area contributed by atoms with Gasteiger partial charge in [-0.1, -0.05) is 29.8 Å². The van der Waals surface area contributed by atoms with Gasteiger partial charge in [0.15, 0.2) is 18.1 Å². The number of methoxy groups -OCH3 is 1. The molecule has 0 aromatic heterocycles. The number of amides is 3. The fourth-order valence-corrected chi connectivity index (χ4v) is 3.39. The van der Waals surface area contributed by atoms with E-state index in [1.165, 1.54) is 19.4 Å². The highest BCUT2D eigenvalue weighted by Crippen LogP contribution is 2.36. The number of anilines is 1. The van der Waals surface area contributed by atoms with E-state index in [-0.39, 0.29) is 41.7 Å². The molecule has 1 saturated heterocycles. The number of hydrogen-bond acceptors (Lipinski definition) is 7. The number of para-hydroxylation sites is 1. The molecule has 0 spiro atoms. The smallest absolute Gasteiger partial charge is 0.329 e. The van der Waals surface area contributed by atoms with Gasteiger partial charge in [0.25, 0.3) is 5.91 Å². The summed E-state index contributed by atoms with van der Waals surface area (Å²) in [5.74, 6) is -1.63. The zero-order valence-corrected chi connectivity index (χ0v) is 19.3. The van der Waals surface area contributed by atoms with Crippen LogP contribution in [-0.4, -0.2) is 56.9 Å². The summed E-state index contributed by atoms with van der Waals surface area (Å²) in [4.78, 5) is 35.8. The zero-order chi connectivity index (χ0) is 24.3. The van der Waals surface area contributed by atoms with Crippen molar-refractivity contribution in [3.8, 4) is 11.5 Å². The second kappa shape index (κ2) is 12.6. The SMILES string of the molecule is COc1cc(/C=N\NC(=O)C(=O)NC[C@@H]2CCCO2)cc(Cl)c1OCC(=O)Nc1ccccc1. The Labute approximate surface area is 201 Å². The summed E-state index contributed by atoms with van der Waals surface area (Å²) in [6.07, 6.45) is 3.01. The molecule has 1 heterocycles. The van der Waals surface area contributed by atoms with Crippen LogP contribution in [0.3, 0.4) is 0 Å². The van der Waals surface area contributed by atoms with Crippen molar-refractivity contribution in [1.82, 2.24) is 10.7 Å². The van der Waals surface area contributed by atoms with Gasteiger partial charge in [0.2, 0.25) is 0 Å². The lowest BCUT2D eigenvalue weighted by Gasteiger charge is -2.13. The highest BCUT2D eigenvalue weighted by molar-refractivity contribution is 6.35. The number of hydrazone groups is 1. The fraction of sp³-hybridized carbons (Fsp3) is 0.304. The first-order chi connectivity index (χ1) is 16.5. The summed E-state index contributed by atoms with van der Waals surface area (Å²) < 4.78 is 16.2. The minimum Gasteiger partial charge on any atom is -0.493 e. The average molecular weight is 489 g/mol. The number of nitrogens with zero attached hydrogens (tertiary/aromatic N) is 1. The minimum absolute atomic E-state index is 0.0694. The third kappa shape index (κ3) is 7.46. The maximum absolute atomic E-state index is 12.1. The van der Waals surface area contributed by atoms with Gasteiger partial charge in [0.1, 0.15) is 0 Å². The molecule has 0 saturated carbocycles.